The number of rotatable bonds is 10. The normalized spacial score (nSPS) is 12.5. The number of carbonyl (C=O) groups excluding carboxylic acids is 1. The molecule has 208 valence electrons. The Bertz CT molecular complexity index is 1420. The van der Waals surface area contributed by atoms with Crippen LogP contribution in [0.1, 0.15) is 29.2 Å². The Morgan fingerprint density at radius 3 is 2.08 bits per heavy atom. The molecule has 1 aromatic heterocycles. The number of carbonyl (C=O) groups is 1. The second-order valence-corrected chi connectivity index (χ2v) is 8.43. The zero-order chi connectivity index (χ0) is 28.3. The first-order valence-electron chi connectivity index (χ1n) is 11.7. The van der Waals surface area contributed by atoms with Gasteiger partial charge < -0.3 is 48.0 Å². The number of hydrogen-bond acceptors (Lipinski definition) is 11. The maximum atomic E-state index is 13.4. The van der Waals surface area contributed by atoms with Gasteiger partial charge in [0.05, 0.1) is 41.1 Å². The van der Waals surface area contributed by atoms with Crippen molar-refractivity contribution in [2.24, 2.45) is 0 Å². The van der Waals surface area contributed by atoms with Crippen LogP contribution in [0, 0.1) is 6.92 Å². The van der Waals surface area contributed by atoms with Crippen molar-refractivity contribution < 1.29 is 47.5 Å². The summed E-state index contributed by atoms with van der Waals surface area (Å²) in [7, 11) is 7.24. The van der Waals surface area contributed by atoms with Gasteiger partial charge in [0.2, 0.25) is 29.9 Å². The number of ether oxygens (including phenoxy) is 7. The molecule has 2 aromatic carbocycles. The summed E-state index contributed by atoms with van der Waals surface area (Å²) in [5.74, 6) is 0.426. The molecule has 0 aliphatic carbocycles. The summed E-state index contributed by atoms with van der Waals surface area (Å²) in [5, 5.41) is 13.6. The van der Waals surface area contributed by atoms with Crippen molar-refractivity contribution in [3.8, 4) is 46.0 Å². The molecular formula is C27H29NO11. The molecule has 12 heteroatoms. The number of aromatic hydroxyl groups is 1. The molecule has 0 spiro atoms. The Morgan fingerprint density at radius 2 is 1.51 bits per heavy atom. The molecule has 2 heterocycles. The van der Waals surface area contributed by atoms with Gasteiger partial charge >= 0.3 is 5.63 Å². The van der Waals surface area contributed by atoms with Crippen molar-refractivity contribution in [1.29, 1.82) is 0 Å². The van der Waals surface area contributed by atoms with Crippen LogP contribution in [-0.2, 0) is 4.79 Å². The summed E-state index contributed by atoms with van der Waals surface area (Å²) in [6.07, 6.45) is -0.308. The first kappa shape index (κ1) is 27.3. The fraction of sp³-hybridized carbons (Fsp3) is 0.333. The highest BCUT2D eigenvalue weighted by Crippen LogP contribution is 2.53. The fourth-order valence-corrected chi connectivity index (χ4v) is 4.50. The molecule has 3 aromatic rings. The number of fused-ring (bicyclic) bond motifs is 1. The summed E-state index contributed by atoms with van der Waals surface area (Å²) in [4.78, 5) is 26.4. The minimum Gasteiger partial charge on any atom is -0.507 e. The lowest BCUT2D eigenvalue weighted by atomic mass is 9.87. The molecule has 0 unspecified atom stereocenters. The average Bonchev–Trinajstić information content (AvgIpc) is 3.40. The molecule has 0 saturated carbocycles. The third-order valence-corrected chi connectivity index (χ3v) is 6.17. The minimum absolute atomic E-state index is 0.0737. The Balaban J connectivity index is 1.81. The van der Waals surface area contributed by atoms with Gasteiger partial charge in [0.25, 0.3) is 0 Å². The van der Waals surface area contributed by atoms with Gasteiger partial charge in [-0.25, -0.2) is 4.79 Å². The highest BCUT2D eigenvalue weighted by Gasteiger charge is 2.34. The van der Waals surface area contributed by atoms with Crippen molar-refractivity contribution in [3.63, 3.8) is 0 Å². The molecule has 0 radical (unpaired) electrons. The smallest absolute Gasteiger partial charge is 0.343 e. The molecule has 1 aliphatic heterocycles. The lowest BCUT2D eigenvalue weighted by molar-refractivity contribution is -0.116. The van der Waals surface area contributed by atoms with Crippen LogP contribution in [0.3, 0.4) is 0 Å². The predicted molar refractivity (Wildman–Crippen MR) is 138 cm³/mol. The predicted octanol–water partition coefficient (Wildman–Crippen LogP) is 3.59. The van der Waals surface area contributed by atoms with Crippen LogP contribution in [0.15, 0.2) is 33.5 Å². The largest absolute Gasteiger partial charge is 0.507 e. The van der Waals surface area contributed by atoms with Gasteiger partial charge in [-0.15, -0.1) is 0 Å². The molecule has 0 saturated heterocycles. The number of methoxy groups -OCH3 is 5. The zero-order valence-electron chi connectivity index (χ0n) is 22.3. The molecule has 1 amide bonds. The van der Waals surface area contributed by atoms with Crippen LogP contribution in [0.25, 0.3) is 0 Å². The van der Waals surface area contributed by atoms with Crippen LogP contribution in [-0.4, -0.2) is 53.4 Å². The van der Waals surface area contributed by atoms with Gasteiger partial charge in [-0.05, 0) is 13.0 Å². The van der Waals surface area contributed by atoms with Crippen molar-refractivity contribution in [2.75, 3.05) is 47.7 Å². The van der Waals surface area contributed by atoms with E-state index in [-0.39, 0.29) is 41.8 Å². The maximum Gasteiger partial charge on any atom is 0.343 e. The quantitative estimate of drug-likeness (QED) is 0.387. The second-order valence-electron chi connectivity index (χ2n) is 8.43. The molecule has 2 N–H and O–H groups in total. The number of anilines is 1. The Hall–Kier alpha value is -4.74. The van der Waals surface area contributed by atoms with Crippen LogP contribution in [0.4, 0.5) is 5.69 Å². The number of benzene rings is 2. The Morgan fingerprint density at radius 1 is 0.897 bits per heavy atom. The standard InChI is InChI=1S/C27H29NO11/c1-13-7-17(29)22(27(31)39-13)15(16-10-20(34-4)25-26(23(16)35-5)38-12-37-25)11-21(30)28-14-8-18(32-2)24(36-6)19(9-14)33-3/h7-10,15,29H,11-12H2,1-6H3,(H,28,30)/t15-/m0/s1. The van der Waals surface area contributed by atoms with Crippen molar-refractivity contribution >= 4 is 11.6 Å². The van der Waals surface area contributed by atoms with E-state index in [0.29, 0.717) is 40.0 Å². The Labute approximate surface area is 223 Å². The number of amides is 1. The van der Waals surface area contributed by atoms with Crippen molar-refractivity contribution in [3.05, 3.63) is 51.6 Å². The van der Waals surface area contributed by atoms with Crippen LogP contribution in [0.5, 0.6) is 46.0 Å². The van der Waals surface area contributed by atoms with E-state index in [4.69, 9.17) is 37.6 Å². The van der Waals surface area contributed by atoms with Gasteiger partial charge in [0.15, 0.2) is 23.0 Å². The van der Waals surface area contributed by atoms with Crippen molar-refractivity contribution in [1.82, 2.24) is 0 Å². The monoisotopic (exact) mass is 543 g/mol. The molecule has 12 nitrogen and oxygen atoms in total. The van der Waals surface area contributed by atoms with E-state index in [2.05, 4.69) is 5.32 Å². The summed E-state index contributed by atoms with van der Waals surface area (Å²) in [6, 6.07) is 6.01. The molecule has 0 fully saturated rings. The number of nitrogens with one attached hydrogen (secondary N) is 1. The number of aryl methyl sites for hydroxylation is 1. The fourth-order valence-electron chi connectivity index (χ4n) is 4.50. The summed E-state index contributed by atoms with van der Waals surface area (Å²) >= 11 is 0. The first-order valence-corrected chi connectivity index (χ1v) is 11.7. The van der Waals surface area contributed by atoms with Crippen LogP contribution in [0.2, 0.25) is 0 Å². The van der Waals surface area contributed by atoms with E-state index >= 15 is 0 Å². The molecular weight excluding hydrogens is 514 g/mol. The SMILES string of the molecule is COc1cc(NC(=O)C[C@@H](c2cc(OC)c3c(c2OC)OCO3)c2c(O)cc(C)oc2=O)cc(OC)c1OC. The lowest BCUT2D eigenvalue weighted by Crippen LogP contribution is -2.21. The number of hydrogen-bond donors (Lipinski definition) is 2. The Kier molecular flexibility index (Phi) is 7.93. The molecule has 0 bridgehead atoms. The van der Waals surface area contributed by atoms with Gasteiger partial charge in [0, 0.05) is 41.8 Å². The average molecular weight is 544 g/mol. The van der Waals surface area contributed by atoms with Gasteiger partial charge in [-0.3, -0.25) is 4.79 Å². The zero-order valence-corrected chi connectivity index (χ0v) is 22.3. The third kappa shape index (κ3) is 5.17. The maximum absolute atomic E-state index is 13.4. The summed E-state index contributed by atoms with van der Waals surface area (Å²) < 4.78 is 43.6. The lowest BCUT2D eigenvalue weighted by Gasteiger charge is -2.22. The van der Waals surface area contributed by atoms with Gasteiger partial charge in [0.1, 0.15) is 11.5 Å². The summed E-state index contributed by atoms with van der Waals surface area (Å²) in [6.45, 7) is 1.46. The topological polar surface area (TPSA) is 144 Å². The van der Waals surface area contributed by atoms with E-state index in [1.54, 1.807) is 18.2 Å². The van der Waals surface area contributed by atoms with Crippen LogP contribution >= 0.6 is 0 Å². The first-order chi connectivity index (χ1) is 18.8. The second kappa shape index (κ2) is 11.3. The van der Waals surface area contributed by atoms with Crippen molar-refractivity contribution in [2.45, 2.75) is 19.3 Å². The highest BCUT2D eigenvalue weighted by atomic mass is 16.7. The van der Waals surface area contributed by atoms with E-state index in [1.165, 1.54) is 48.5 Å². The van der Waals surface area contributed by atoms with E-state index in [1.807, 2.05) is 0 Å². The van der Waals surface area contributed by atoms with Crippen LogP contribution < -0.4 is 44.1 Å². The van der Waals surface area contributed by atoms with E-state index < -0.39 is 17.5 Å². The highest BCUT2D eigenvalue weighted by molar-refractivity contribution is 5.92. The summed E-state index contributed by atoms with van der Waals surface area (Å²) in [5.41, 5.74) is -0.259. The van der Waals surface area contributed by atoms with E-state index in [9.17, 15) is 14.7 Å². The van der Waals surface area contributed by atoms with Gasteiger partial charge in [-0.1, -0.05) is 0 Å². The molecule has 1 aliphatic rings. The third-order valence-electron chi connectivity index (χ3n) is 6.17. The molecule has 39 heavy (non-hydrogen) atoms. The molecule has 1 atom stereocenters. The van der Waals surface area contributed by atoms with E-state index in [0.717, 1.165) is 0 Å². The molecule has 4 rings (SSSR count). The minimum atomic E-state index is -1.04. The van der Waals surface area contributed by atoms with Gasteiger partial charge in [-0.2, -0.15) is 0 Å².